The first-order valence-corrected chi connectivity index (χ1v) is 9.96. The zero-order chi connectivity index (χ0) is 18.6. The largest absolute Gasteiger partial charge is 0.352 e. The fraction of sp³-hybridized carbons (Fsp3) is 0.391. The first kappa shape index (κ1) is 17.8. The van der Waals surface area contributed by atoms with Gasteiger partial charge in [-0.15, -0.1) is 0 Å². The van der Waals surface area contributed by atoms with E-state index in [9.17, 15) is 9.59 Å². The third-order valence-electron chi connectivity index (χ3n) is 5.74. The number of anilines is 1. The van der Waals surface area contributed by atoms with Crippen LogP contribution in [-0.2, 0) is 17.8 Å². The minimum Gasteiger partial charge on any atom is -0.352 e. The van der Waals surface area contributed by atoms with Gasteiger partial charge in [0.1, 0.15) is 0 Å². The Kier molecular flexibility index (Phi) is 5.23. The van der Waals surface area contributed by atoms with E-state index in [2.05, 4.69) is 11.4 Å². The second-order valence-electron chi connectivity index (χ2n) is 7.67. The van der Waals surface area contributed by atoms with Gasteiger partial charge in [-0.05, 0) is 54.5 Å². The average Bonchev–Trinajstić information content (AvgIpc) is 3.36. The molecule has 0 radical (unpaired) electrons. The Balaban J connectivity index is 1.38. The maximum absolute atomic E-state index is 12.7. The first-order chi connectivity index (χ1) is 13.2. The fourth-order valence-corrected chi connectivity index (χ4v) is 4.26. The van der Waals surface area contributed by atoms with E-state index < -0.39 is 0 Å². The van der Waals surface area contributed by atoms with Gasteiger partial charge in [0, 0.05) is 30.8 Å². The minimum atomic E-state index is 0.0481. The van der Waals surface area contributed by atoms with Crippen LogP contribution in [0.5, 0.6) is 0 Å². The van der Waals surface area contributed by atoms with Crippen LogP contribution in [0.1, 0.15) is 53.6 Å². The number of nitrogens with zero attached hydrogens (tertiary/aromatic N) is 1. The fourth-order valence-electron chi connectivity index (χ4n) is 4.26. The summed E-state index contributed by atoms with van der Waals surface area (Å²) in [6, 6.07) is 15.6. The maximum Gasteiger partial charge on any atom is 0.258 e. The van der Waals surface area contributed by atoms with E-state index in [1.54, 1.807) is 0 Å². The number of hydrogen-bond acceptors (Lipinski definition) is 2. The molecule has 1 aliphatic carbocycles. The molecular weight excluding hydrogens is 336 g/mol. The SMILES string of the molecule is O=C(CC1CCCC1)NCc1ccc2c(c1)CCN2C(=O)c1ccccc1. The predicted molar refractivity (Wildman–Crippen MR) is 107 cm³/mol. The van der Waals surface area contributed by atoms with Gasteiger partial charge in [-0.1, -0.05) is 43.2 Å². The monoisotopic (exact) mass is 362 g/mol. The van der Waals surface area contributed by atoms with Crippen molar-refractivity contribution >= 4 is 17.5 Å². The molecule has 1 fully saturated rings. The summed E-state index contributed by atoms with van der Waals surface area (Å²) in [6.45, 7) is 1.27. The lowest BCUT2D eigenvalue weighted by Crippen LogP contribution is -2.28. The van der Waals surface area contributed by atoms with Crippen LogP contribution in [0.15, 0.2) is 48.5 Å². The Bertz CT molecular complexity index is 826. The smallest absolute Gasteiger partial charge is 0.258 e. The molecule has 2 aromatic carbocycles. The summed E-state index contributed by atoms with van der Waals surface area (Å²) >= 11 is 0. The lowest BCUT2D eigenvalue weighted by Gasteiger charge is -2.18. The molecule has 2 aliphatic rings. The molecule has 2 aromatic rings. The van der Waals surface area contributed by atoms with E-state index in [4.69, 9.17) is 0 Å². The van der Waals surface area contributed by atoms with Crippen LogP contribution in [0.3, 0.4) is 0 Å². The molecule has 1 heterocycles. The highest BCUT2D eigenvalue weighted by Crippen LogP contribution is 2.30. The van der Waals surface area contributed by atoms with Gasteiger partial charge in [0.25, 0.3) is 5.91 Å². The minimum absolute atomic E-state index is 0.0481. The van der Waals surface area contributed by atoms with Crippen molar-refractivity contribution in [3.05, 3.63) is 65.2 Å². The molecule has 4 nitrogen and oxygen atoms in total. The number of amides is 2. The Morgan fingerprint density at radius 3 is 2.59 bits per heavy atom. The van der Waals surface area contributed by atoms with E-state index in [0.717, 1.165) is 17.7 Å². The molecule has 0 atom stereocenters. The molecule has 0 aromatic heterocycles. The number of rotatable bonds is 5. The standard InChI is InChI=1S/C23H26N2O2/c26-22(15-17-6-4-5-7-17)24-16-18-10-11-21-20(14-18)12-13-25(21)23(27)19-8-2-1-3-9-19/h1-3,8-11,14,17H,4-7,12-13,15-16H2,(H,24,26). The Hall–Kier alpha value is -2.62. The topological polar surface area (TPSA) is 49.4 Å². The molecule has 27 heavy (non-hydrogen) atoms. The summed E-state index contributed by atoms with van der Waals surface area (Å²) in [5.74, 6) is 0.776. The summed E-state index contributed by atoms with van der Waals surface area (Å²) in [4.78, 5) is 26.7. The average molecular weight is 362 g/mol. The highest BCUT2D eigenvalue weighted by atomic mass is 16.2. The van der Waals surface area contributed by atoms with Crippen molar-refractivity contribution in [1.29, 1.82) is 0 Å². The van der Waals surface area contributed by atoms with Gasteiger partial charge >= 0.3 is 0 Å². The Labute approximate surface area is 160 Å². The van der Waals surface area contributed by atoms with Crippen molar-refractivity contribution in [2.75, 3.05) is 11.4 Å². The second kappa shape index (κ2) is 7.95. The van der Waals surface area contributed by atoms with Gasteiger partial charge < -0.3 is 10.2 Å². The van der Waals surface area contributed by atoms with Gasteiger partial charge in [-0.2, -0.15) is 0 Å². The van der Waals surface area contributed by atoms with Crippen LogP contribution in [0, 0.1) is 5.92 Å². The van der Waals surface area contributed by atoms with Crippen LogP contribution in [-0.4, -0.2) is 18.4 Å². The van der Waals surface area contributed by atoms with E-state index >= 15 is 0 Å². The van der Waals surface area contributed by atoms with E-state index in [1.807, 2.05) is 47.4 Å². The van der Waals surface area contributed by atoms with Gasteiger partial charge in [0.05, 0.1) is 0 Å². The molecule has 0 spiro atoms. The molecule has 1 aliphatic heterocycles. The zero-order valence-corrected chi connectivity index (χ0v) is 15.6. The van der Waals surface area contributed by atoms with Crippen LogP contribution < -0.4 is 10.2 Å². The molecular formula is C23H26N2O2. The van der Waals surface area contributed by atoms with Gasteiger partial charge in [-0.25, -0.2) is 0 Å². The summed E-state index contributed by atoms with van der Waals surface area (Å²) in [5.41, 5.74) is 3.99. The van der Waals surface area contributed by atoms with Crippen molar-refractivity contribution in [2.24, 2.45) is 5.92 Å². The van der Waals surface area contributed by atoms with Crippen molar-refractivity contribution in [3.63, 3.8) is 0 Å². The van der Waals surface area contributed by atoms with Crippen molar-refractivity contribution in [3.8, 4) is 0 Å². The third kappa shape index (κ3) is 4.05. The molecule has 0 unspecified atom stereocenters. The number of benzene rings is 2. The van der Waals surface area contributed by atoms with Gasteiger partial charge in [-0.3, -0.25) is 9.59 Å². The van der Waals surface area contributed by atoms with Gasteiger partial charge in [0.2, 0.25) is 5.91 Å². The van der Waals surface area contributed by atoms with Crippen LogP contribution in [0.2, 0.25) is 0 Å². The third-order valence-corrected chi connectivity index (χ3v) is 5.74. The summed E-state index contributed by atoms with van der Waals surface area (Å²) in [6.07, 6.45) is 6.43. The molecule has 140 valence electrons. The molecule has 4 heteroatoms. The number of fused-ring (bicyclic) bond motifs is 1. The normalized spacial score (nSPS) is 16.4. The lowest BCUT2D eigenvalue weighted by atomic mass is 10.0. The van der Waals surface area contributed by atoms with Crippen LogP contribution >= 0.6 is 0 Å². The number of nitrogens with one attached hydrogen (secondary N) is 1. The number of carbonyl (C=O) groups excluding carboxylic acids is 2. The molecule has 0 saturated heterocycles. The first-order valence-electron chi connectivity index (χ1n) is 9.96. The van der Waals surface area contributed by atoms with Crippen LogP contribution in [0.4, 0.5) is 5.69 Å². The quantitative estimate of drug-likeness (QED) is 0.871. The molecule has 2 amide bonds. The lowest BCUT2D eigenvalue weighted by molar-refractivity contribution is -0.122. The predicted octanol–water partition coefficient (Wildman–Crippen LogP) is 4.09. The summed E-state index contributed by atoms with van der Waals surface area (Å²) in [7, 11) is 0. The molecule has 4 rings (SSSR count). The molecule has 1 N–H and O–H groups in total. The second-order valence-corrected chi connectivity index (χ2v) is 7.67. The molecule has 0 bridgehead atoms. The summed E-state index contributed by atoms with van der Waals surface area (Å²) < 4.78 is 0. The Morgan fingerprint density at radius 2 is 1.81 bits per heavy atom. The number of carbonyl (C=O) groups is 2. The van der Waals surface area contributed by atoms with E-state index in [-0.39, 0.29) is 11.8 Å². The maximum atomic E-state index is 12.7. The van der Waals surface area contributed by atoms with Crippen molar-refractivity contribution < 1.29 is 9.59 Å². The highest BCUT2D eigenvalue weighted by molar-refractivity contribution is 6.07. The van der Waals surface area contributed by atoms with Gasteiger partial charge in [0.15, 0.2) is 0 Å². The zero-order valence-electron chi connectivity index (χ0n) is 15.6. The van der Waals surface area contributed by atoms with Crippen LogP contribution in [0.25, 0.3) is 0 Å². The number of hydrogen-bond donors (Lipinski definition) is 1. The van der Waals surface area contributed by atoms with E-state index in [1.165, 1.54) is 31.2 Å². The summed E-state index contributed by atoms with van der Waals surface area (Å²) in [5, 5.41) is 3.06. The van der Waals surface area contributed by atoms with Crippen molar-refractivity contribution in [1.82, 2.24) is 5.32 Å². The Morgan fingerprint density at radius 1 is 1.04 bits per heavy atom. The van der Waals surface area contributed by atoms with E-state index in [0.29, 0.717) is 31.0 Å². The molecule has 1 saturated carbocycles. The van der Waals surface area contributed by atoms with Crippen molar-refractivity contribution in [2.45, 2.75) is 45.1 Å². The highest BCUT2D eigenvalue weighted by Gasteiger charge is 2.25.